The molecule has 11 heavy (non-hydrogen) atoms. The maximum Gasteiger partial charge on any atom is 0.115 e. The highest BCUT2D eigenvalue weighted by atomic mass is 16.5. The molecule has 2 heteroatoms. The lowest BCUT2D eigenvalue weighted by Gasteiger charge is -2.34. The summed E-state index contributed by atoms with van der Waals surface area (Å²) < 4.78 is 5.54. The second-order valence-electron chi connectivity index (χ2n) is 2.88. The molecule has 1 saturated heterocycles. The van der Waals surface area contributed by atoms with E-state index in [2.05, 4.69) is 30.5 Å². The fraction of sp³-hybridized carbons (Fsp3) is 0.444. The number of nitrogens with zero attached hydrogens (tertiary/aromatic N) is 1. The van der Waals surface area contributed by atoms with E-state index < -0.39 is 0 Å². The van der Waals surface area contributed by atoms with E-state index in [1.165, 1.54) is 5.70 Å². The third-order valence-corrected chi connectivity index (χ3v) is 2.12. The number of fused-ring (bicyclic) bond motifs is 1. The number of allylic oxidation sites excluding steroid dienone is 2. The Morgan fingerprint density at radius 1 is 1.64 bits per heavy atom. The van der Waals surface area contributed by atoms with Crippen LogP contribution in [-0.2, 0) is 4.74 Å². The molecule has 0 saturated carbocycles. The fourth-order valence-corrected chi connectivity index (χ4v) is 1.44. The van der Waals surface area contributed by atoms with Crippen molar-refractivity contribution in [3.63, 3.8) is 0 Å². The molecule has 2 nitrogen and oxygen atoms in total. The van der Waals surface area contributed by atoms with Gasteiger partial charge in [0.2, 0.25) is 0 Å². The smallest absolute Gasteiger partial charge is 0.115 e. The first kappa shape index (κ1) is 6.92. The van der Waals surface area contributed by atoms with Gasteiger partial charge in [0.1, 0.15) is 6.10 Å². The van der Waals surface area contributed by atoms with Crippen LogP contribution in [0.15, 0.2) is 23.9 Å². The average Bonchev–Trinajstić information content (AvgIpc) is 2.06. The molecular weight excluding hydrogens is 138 g/mol. The zero-order valence-corrected chi connectivity index (χ0v) is 6.66. The van der Waals surface area contributed by atoms with Gasteiger partial charge >= 0.3 is 0 Å². The van der Waals surface area contributed by atoms with Crippen LogP contribution in [0.25, 0.3) is 0 Å². The monoisotopic (exact) mass is 150 g/mol. The Balaban J connectivity index is 2.18. The van der Waals surface area contributed by atoms with Crippen LogP contribution in [0.2, 0.25) is 0 Å². The Morgan fingerprint density at radius 3 is 3.36 bits per heavy atom. The number of morpholine rings is 1. The molecule has 0 N–H and O–H groups in total. The minimum Gasteiger partial charge on any atom is -0.373 e. The summed E-state index contributed by atoms with van der Waals surface area (Å²) in [4.78, 5) is 2.24. The maximum atomic E-state index is 5.54. The van der Waals surface area contributed by atoms with Crippen LogP contribution in [0.1, 0.15) is 0 Å². The van der Waals surface area contributed by atoms with Gasteiger partial charge in [-0.3, -0.25) is 0 Å². The lowest BCUT2D eigenvalue weighted by Crippen LogP contribution is -2.37. The molecule has 1 unspecified atom stereocenters. The number of ether oxygens (including phenoxy) is 1. The van der Waals surface area contributed by atoms with Crippen molar-refractivity contribution >= 4 is 0 Å². The molecule has 0 aromatic heterocycles. The highest BCUT2D eigenvalue weighted by molar-refractivity contribution is 5.28. The number of hydrogen-bond acceptors (Lipinski definition) is 2. The molecule has 0 bridgehead atoms. The maximum absolute atomic E-state index is 5.54. The van der Waals surface area contributed by atoms with Gasteiger partial charge in [-0.05, 0) is 0 Å². The van der Waals surface area contributed by atoms with Crippen molar-refractivity contribution in [2.45, 2.75) is 6.10 Å². The molecule has 1 atom stereocenters. The standard InChI is InChI=1S/C9H12NO/c1-10-6-7-11-9-5-3-2-4-8(9)10/h2-5,9H,6-7H2,1H3. The van der Waals surface area contributed by atoms with Gasteiger partial charge in [0.05, 0.1) is 6.61 Å². The van der Waals surface area contributed by atoms with E-state index in [1.54, 1.807) is 0 Å². The van der Waals surface area contributed by atoms with E-state index in [-0.39, 0.29) is 6.10 Å². The van der Waals surface area contributed by atoms with Gasteiger partial charge in [-0.1, -0.05) is 18.2 Å². The quantitative estimate of drug-likeness (QED) is 0.510. The molecule has 1 radical (unpaired) electrons. The van der Waals surface area contributed by atoms with Gasteiger partial charge in [-0.25, -0.2) is 0 Å². The van der Waals surface area contributed by atoms with Crippen molar-refractivity contribution in [3.05, 3.63) is 30.3 Å². The normalized spacial score (nSPS) is 29.7. The first-order valence-corrected chi connectivity index (χ1v) is 3.92. The van der Waals surface area contributed by atoms with Crippen LogP contribution in [-0.4, -0.2) is 31.2 Å². The van der Waals surface area contributed by atoms with Gasteiger partial charge in [0.15, 0.2) is 0 Å². The van der Waals surface area contributed by atoms with E-state index in [0.29, 0.717) is 0 Å². The molecule has 0 aromatic rings. The lowest BCUT2D eigenvalue weighted by molar-refractivity contribution is 0.0407. The van der Waals surface area contributed by atoms with Crippen LogP contribution >= 0.6 is 0 Å². The third kappa shape index (κ3) is 1.18. The Labute approximate surface area is 67.1 Å². The molecule has 1 aliphatic heterocycles. The van der Waals surface area contributed by atoms with Crippen molar-refractivity contribution in [2.75, 3.05) is 20.2 Å². The third-order valence-electron chi connectivity index (χ3n) is 2.12. The predicted octanol–water partition coefficient (Wildman–Crippen LogP) is 0.975. The lowest BCUT2D eigenvalue weighted by atomic mass is 10.1. The molecule has 59 valence electrons. The molecule has 1 fully saturated rings. The minimum absolute atomic E-state index is 0.207. The largest absolute Gasteiger partial charge is 0.373 e. The summed E-state index contributed by atoms with van der Waals surface area (Å²) in [5.74, 6) is 0. The van der Waals surface area contributed by atoms with E-state index in [1.807, 2.05) is 6.08 Å². The summed E-state index contributed by atoms with van der Waals surface area (Å²) in [6, 6.07) is 0. The van der Waals surface area contributed by atoms with E-state index in [9.17, 15) is 0 Å². The van der Waals surface area contributed by atoms with Gasteiger partial charge in [0.25, 0.3) is 0 Å². The van der Waals surface area contributed by atoms with Crippen LogP contribution in [0.5, 0.6) is 0 Å². The summed E-state index contributed by atoms with van der Waals surface area (Å²) in [6.07, 6.45) is 8.50. The van der Waals surface area contributed by atoms with E-state index in [0.717, 1.165) is 13.2 Å². The first-order valence-electron chi connectivity index (χ1n) is 3.92. The molecule has 2 aliphatic rings. The van der Waals surface area contributed by atoms with Crippen LogP contribution in [0.4, 0.5) is 0 Å². The molecule has 0 spiro atoms. The summed E-state index contributed by atoms with van der Waals surface area (Å²) in [5.41, 5.74) is 1.28. The van der Waals surface area contributed by atoms with Gasteiger partial charge in [0, 0.05) is 25.7 Å². The molecule has 0 aromatic carbocycles. The number of likely N-dealkylation sites (N-methyl/N-ethyl adjacent to an activating group) is 1. The zero-order chi connectivity index (χ0) is 7.68. The van der Waals surface area contributed by atoms with Crippen LogP contribution in [0, 0.1) is 6.42 Å². The Morgan fingerprint density at radius 2 is 2.55 bits per heavy atom. The van der Waals surface area contributed by atoms with Crippen LogP contribution < -0.4 is 0 Å². The zero-order valence-electron chi connectivity index (χ0n) is 6.66. The molecule has 1 aliphatic carbocycles. The highest BCUT2D eigenvalue weighted by Gasteiger charge is 2.21. The molecule has 1 heterocycles. The minimum atomic E-state index is 0.207. The molecule has 2 rings (SSSR count). The van der Waals surface area contributed by atoms with Crippen LogP contribution in [0.3, 0.4) is 0 Å². The van der Waals surface area contributed by atoms with Crippen molar-refractivity contribution in [1.82, 2.24) is 4.90 Å². The van der Waals surface area contributed by atoms with Gasteiger partial charge < -0.3 is 9.64 Å². The second kappa shape index (κ2) is 2.70. The van der Waals surface area contributed by atoms with Crippen molar-refractivity contribution < 1.29 is 4.74 Å². The molecular formula is C9H12NO. The SMILES string of the molecule is CN1CCOC2C=C[CH]C=C21. The fourth-order valence-electron chi connectivity index (χ4n) is 1.44. The van der Waals surface area contributed by atoms with E-state index >= 15 is 0 Å². The van der Waals surface area contributed by atoms with Gasteiger partial charge in [-0.2, -0.15) is 0 Å². The van der Waals surface area contributed by atoms with Gasteiger partial charge in [-0.15, -0.1) is 0 Å². The summed E-state index contributed by atoms with van der Waals surface area (Å²) in [7, 11) is 2.11. The summed E-state index contributed by atoms with van der Waals surface area (Å²) >= 11 is 0. The summed E-state index contributed by atoms with van der Waals surface area (Å²) in [6.45, 7) is 1.84. The molecule has 0 amide bonds. The number of hydrogen-bond donors (Lipinski definition) is 0. The average molecular weight is 150 g/mol. The van der Waals surface area contributed by atoms with Crippen molar-refractivity contribution in [2.24, 2.45) is 0 Å². The van der Waals surface area contributed by atoms with Crippen molar-refractivity contribution in [3.8, 4) is 0 Å². The number of rotatable bonds is 0. The van der Waals surface area contributed by atoms with Crippen molar-refractivity contribution in [1.29, 1.82) is 0 Å². The first-order chi connectivity index (χ1) is 5.38. The Kier molecular flexibility index (Phi) is 1.70. The second-order valence-corrected chi connectivity index (χ2v) is 2.88. The Hall–Kier alpha value is -0.760. The van der Waals surface area contributed by atoms with E-state index in [4.69, 9.17) is 4.74 Å². The Bertz CT molecular complexity index is 208. The highest BCUT2D eigenvalue weighted by Crippen LogP contribution is 2.20. The predicted molar refractivity (Wildman–Crippen MR) is 43.9 cm³/mol. The summed E-state index contributed by atoms with van der Waals surface area (Å²) in [5, 5.41) is 0. The topological polar surface area (TPSA) is 12.5 Å².